The number of nitrogens with one attached hydrogen (secondary N) is 2. The Bertz CT molecular complexity index is 1500. The molecule has 2 aromatic carbocycles. The lowest BCUT2D eigenvalue weighted by Gasteiger charge is -2.24. The Hall–Kier alpha value is -4.15. The van der Waals surface area contributed by atoms with E-state index in [1.807, 2.05) is 30.3 Å². The molecule has 1 fully saturated rings. The summed E-state index contributed by atoms with van der Waals surface area (Å²) in [4.78, 5) is 34.0. The molecule has 6 N–H and O–H groups in total. The first-order chi connectivity index (χ1) is 17.5. The Morgan fingerprint density at radius 3 is 2.57 bits per heavy atom. The molecule has 3 heterocycles. The van der Waals surface area contributed by atoms with Crippen LogP contribution < -0.4 is 32.3 Å². The number of benzene rings is 2. The zero-order valence-corrected chi connectivity index (χ0v) is 21.0. The number of pyridine rings is 1. The quantitative estimate of drug-likeness (QED) is 0.302. The Balaban J connectivity index is 0.00000320. The summed E-state index contributed by atoms with van der Waals surface area (Å²) in [6.45, 7) is 2.00. The van der Waals surface area contributed by atoms with Crippen LogP contribution in [0.15, 0.2) is 59.5 Å². The normalized spacial score (nSPS) is 13.6. The van der Waals surface area contributed by atoms with Crippen LogP contribution in [0.4, 0.5) is 17.5 Å². The number of fused-ring (bicyclic) bond motifs is 1. The average Bonchev–Trinajstić information content (AvgIpc) is 2.90. The number of carbonyl (C=O) groups excluding carboxylic acids is 1. The number of halogens is 1. The predicted molar refractivity (Wildman–Crippen MR) is 146 cm³/mol. The van der Waals surface area contributed by atoms with Gasteiger partial charge in [0, 0.05) is 11.9 Å². The number of ether oxygens (including phenoxy) is 1. The van der Waals surface area contributed by atoms with Gasteiger partial charge in [-0.2, -0.15) is 4.98 Å². The van der Waals surface area contributed by atoms with E-state index in [1.165, 1.54) is 16.3 Å². The first kappa shape index (κ1) is 25.9. The van der Waals surface area contributed by atoms with E-state index in [1.54, 1.807) is 19.2 Å². The highest BCUT2D eigenvalue weighted by Crippen LogP contribution is 2.34. The predicted octanol–water partition coefficient (Wildman–Crippen LogP) is 3.10. The third-order valence-corrected chi connectivity index (χ3v) is 6.49. The summed E-state index contributed by atoms with van der Waals surface area (Å²) in [7, 11) is 1.62. The van der Waals surface area contributed by atoms with Crippen molar-refractivity contribution in [1.29, 1.82) is 0 Å². The van der Waals surface area contributed by atoms with Crippen molar-refractivity contribution in [2.24, 2.45) is 5.73 Å². The van der Waals surface area contributed by atoms with Gasteiger partial charge in [0.15, 0.2) is 5.65 Å². The molecule has 0 aliphatic carbocycles. The minimum Gasteiger partial charge on any atom is -0.495 e. The fourth-order valence-electron chi connectivity index (χ4n) is 4.66. The molecular weight excluding hydrogens is 494 g/mol. The first-order valence-corrected chi connectivity index (χ1v) is 11.7. The fourth-order valence-corrected chi connectivity index (χ4v) is 4.66. The molecule has 4 aromatic rings. The lowest BCUT2D eigenvalue weighted by Crippen LogP contribution is -2.27. The highest BCUT2D eigenvalue weighted by molar-refractivity contribution is 6.01. The topological polar surface area (TPSA) is 150 Å². The summed E-state index contributed by atoms with van der Waals surface area (Å²) in [6.07, 6.45) is 3.53. The minimum atomic E-state index is -0.912. The van der Waals surface area contributed by atoms with Crippen molar-refractivity contribution >= 4 is 46.8 Å². The highest BCUT2D eigenvalue weighted by atomic mass is 35.5. The van der Waals surface area contributed by atoms with Crippen molar-refractivity contribution in [3.05, 3.63) is 76.1 Å². The van der Waals surface area contributed by atoms with Crippen LogP contribution in [0.3, 0.4) is 0 Å². The Morgan fingerprint density at radius 1 is 1.16 bits per heavy atom. The summed E-state index contributed by atoms with van der Waals surface area (Å²) < 4.78 is 7.18. The summed E-state index contributed by atoms with van der Waals surface area (Å²) in [6, 6.07) is 15.1. The van der Waals surface area contributed by atoms with Gasteiger partial charge in [-0.3, -0.25) is 14.2 Å². The fraction of sp³-hybridized carbons (Fsp3) is 0.231. The van der Waals surface area contributed by atoms with E-state index < -0.39 is 11.3 Å². The summed E-state index contributed by atoms with van der Waals surface area (Å²) in [5.74, 6) is 0.392. The van der Waals surface area contributed by atoms with E-state index in [4.69, 9.17) is 16.2 Å². The lowest BCUT2D eigenvalue weighted by atomic mass is 9.90. The van der Waals surface area contributed by atoms with Gasteiger partial charge >= 0.3 is 0 Å². The van der Waals surface area contributed by atoms with E-state index in [2.05, 4.69) is 26.7 Å². The summed E-state index contributed by atoms with van der Waals surface area (Å²) in [5.41, 5.74) is 13.6. The molecule has 37 heavy (non-hydrogen) atoms. The van der Waals surface area contributed by atoms with Crippen LogP contribution in [-0.4, -0.2) is 40.6 Å². The molecule has 0 atom stereocenters. The van der Waals surface area contributed by atoms with Crippen LogP contribution in [0.1, 0.15) is 34.7 Å². The number of aromatic nitrogens is 3. The third kappa shape index (κ3) is 4.93. The Morgan fingerprint density at radius 2 is 1.89 bits per heavy atom. The van der Waals surface area contributed by atoms with E-state index >= 15 is 0 Å². The van der Waals surface area contributed by atoms with Gasteiger partial charge in [0.05, 0.1) is 18.2 Å². The van der Waals surface area contributed by atoms with Crippen LogP contribution in [-0.2, 0) is 0 Å². The summed E-state index contributed by atoms with van der Waals surface area (Å²) >= 11 is 0. The van der Waals surface area contributed by atoms with Crippen molar-refractivity contribution < 1.29 is 9.53 Å². The molecule has 192 valence electrons. The zero-order valence-electron chi connectivity index (χ0n) is 20.2. The number of hydrogen-bond donors (Lipinski definition) is 4. The maximum absolute atomic E-state index is 13.0. The molecule has 0 spiro atoms. The van der Waals surface area contributed by atoms with Gasteiger partial charge in [-0.15, -0.1) is 12.4 Å². The Labute approximate surface area is 219 Å². The first-order valence-electron chi connectivity index (χ1n) is 11.7. The monoisotopic (exact) mass is 521 g/mol. The Kier molecular flexibility index (Phi) is 7.61. The molecule has 1 aliphatic rings. The molecule has 0 bridgehead atoms. The lowest BCUT2D eigenvalue weighted by molar-refractivity contribution is 0.1000. The maximum atomic E-state index is 13.0. The number of hydrogen-bond acceptors (Lipinski definition) is 8. The summed E-state index contributed by atoms with van der Waals surface area (Å²) in [5, 5.41) is 6.71. The molecule has 10 nitrogen and oxygen atoms in total. The number of para-hydroxylation sites is 1. The molecule has 0 unspecified atom stereocenters. The third-order valence-electron chi connectivity index (χ3n) is 6.49. The number of methoxy groups -OCH3 is 1. The van der Waals surface area contributed by atoms with Gasteiger partial charge in [0.2, 0.25) is 11.4 Å². The van der Waals surface area contributed by atoms with Crippen molar-refractivity contribution in [2.45, 2.75) is 18.8 Å². The van der Waals surface area contributed by atoms with Crippen LogP contribution in [0.5, 0.6) is 5.75 Å². The number of piperidine rings is 1. The van der Waals surface area contributed by atoms with Crippen LogP contribution in [0.2, 0.25) is 0 Å². The van der Waals surface area contributed by atoms with Crippen LogP contribution in [0, 0.1) is 0 Å². The molecule has 1 saturated heterocycles. The number of rotatable bonds is 6. The number of nitrogens with two attached hydrogens (primary N) is 2. The van der Waals surface area contributed by atoms with Crippen LogP contribution in [0.25, 0.3) is 16.7 Å². The van der Waals surface area contributed by atoms with Gasteiger partial charge in [-0.1, -0.05) is 24.3 Å². The number of nitrogen functional groups attached to an aromatic ring is 1. The molecule has 5 rings (SSSR count). The van der Waals surface area contributed by atoms with Gasteiger partial charge in [0.1, 0.15) is 17.1 Å². The van der Waals surface area contributed by atoms with Gasteiger partial charge in [-0.05, 0) is 61.7 Å². The number of primary amides is 1. The van der Waals surface area contributed by atoms with Gasteiger partial charge in [-0.25, -0.2) is 4.98 Å². The molecule has 0 radical (unpaired) electrons. The zero-order chi connectivity index (χ0) is 25.2. The molecule has 1 aliphatic heterocycles. The van der Waals surface area contributed by atoms with Crippen LogP contribution >= 0.6 is 12.4 Å². The molecule has 11 heteroatoms. The van der Waals surface area contributed by atoms with Gasteiger partial charge < -0.3 is 26.8 Å². The standard InChI is InChI=1S/C26H27N7O3.ClH/c1-36-20-13-16(15-9-11-29-12-10-15)7-8-19(20)31-26-30-14-18-22(34)21(24(28)35)23(27)33(25(18)32-26)17-5-3-2-4-6-17;/h2-8,13-15,29H,9-12,27H2,1H3,(H2,28,35)(H,30,31,32);1H. The van der Waals surface area contributed by atoms with Crippen molar-refractivity contribution in [1.82, 2.24) is 19.9 Å². The molecule has 2 aromatic heterocycles. The highest BCUT2D eigenvalue weighted by Gasteiger charge is 2.22. The number of anilines is 3. The van der Waals surface area contributed by atoms with E-state index in [0.717, 1.165) is 25.9 Å². The number of carbonyl (C=O) groups is 1. The average molecular weight is 522 g/mol. The maximum Gasteiger partial charge on any atom is 0.256 e. The SMILES string of the molecule is COc1cc(C2CCNCC2)ccc1Nc1ncc2c(=O)c(C(N)=O)c(N)n(-c3ccccc3)c2n1.Cl. The van der Waals surface area contributed by atoms with Gasteiger partial charge in [0.25, 0.3) is 5.91 Å². The van der Waals surface area contributed by atoms with Crippen molar-refractivity contribution in [2.75, 3.05) is 31.2 Å². The number of nitrogens with zero attached hydrogens (tertiary/aromatic N) is 3. The molecule has 1 amide bonds. The second-order valence-corrected chi connectivity index (χ2v) is 8.66. The largest absolute Gasteiger partial charge is 0.495 e. The number of amides is 1. The van der Waals surface area contributed by atoms with E-state index in [9.17, 15) is 9.59 Å². The van der Waals surface area contributed by atoms with E-state index in [-0.39, 0.29) is 40.8 Å². The smallest absolute Gasteiger partial charge is 0.256 e. The second kappa shape index (κ2) is 10.9. The second-order valence-electron chi connectivity index (χ2n) is 8.66. The molecular formula is C26H28ClN7O3. The van der Waals surface area contributed by atoms with Crippen molar-refractivity contribution in [3.63, 3.8) is 0 Å². The van der Waals surface area contributed by atoms with E-state index in [0.29, 0.717) is 23.0 Å². The minimum absolute atomic E-state index is 0. The molecule has 0 saturated carbocycles. The van der Waals surface area contributed by atoms with Crippen molar-refractivity contribution in [3.8, 4) is 11.4 Å².